The van der Waals surface area contributed by atoms with E-state index in [1.54, 1.807) is 19.9 Å². The van der Waals surface area contributed by atoms with Gasteiger partial charge in [-0.2, -0.15) is 0 Å². The summed E-state index contributed by atoms with van der Waals surface area (Å²) in [4.78, 5) is 22.4. The van der Waals surface area contributed by atoms with Crippen LogP contribution in [-0.4, -0.2) is 23.0 Å². The van der Waals surface area contributed by atoms with Crippen molar-refractivity contribution in [2.24, 2.45) is 5.92 Å². The fourth-order valence-electron chi connectivity index (χ4n) is 1.36. The third-order valence-electron chi connectivity index (χ3n) is 2.81. The largest absolute Gasteiger partial charge is 0.481 e. The molecule has 0 heterocycles. The van der Waals surface area contributed by atoms with E-state index in [0.29, 0.717) is 0 Å². The molecule has 2 atom stereocenters. The van der Waals surface area contributed by atoms with Gasteiger partial charge in [0.05, 0.1) is 5.92 Å². The van der Waals surface area contributed by atoms with Crippen LogP contribution < -0.4 is 5.32 Å². The molecule has 19 heavy (non-hydrogen) atoms. The highest BCUT2D eigenvalue weighted by Gasteiger charge is 2.19. The molecule has 0 radical (unpaired) electrons. The highest BCUT2D eigenvalue weighted by molar-refractivity contribution is 9.10. The molecular weight excluding hydrogens is 310 g/mol. The first-order valence-electron chi connectivity index (χ1n) is 5.87. The Balaban J connectivity index is 2.55. The van der Waals surface area contributed by atoms with E-state index in [1.807, 2.05) is 24.3 Å². The number of hydrogen-bond donors (Lipinski definition) is 2. The third-order valence-corrected chi connectivity index (χ3v) is 3.34. The Morgan fingerprint density at radius 2 is 1.84 bits per heavy atom. The Morgan fingerprint density at radius 3 is 2.37 bits per heavy atom. The molecule has 0 saturated heterocycles. The number of amides is 1. The summed E-state index contributed by atoms with van der Waals surface area (Å²) >= 11 is 3.33. The summed E-state index contributed by atoms with van der Waals surface area (Å²) in [6.45, 7) is 3.23. The quantitative estimate of drug-likeness (QED) is 0.818. The first-order chi connectivity index (χ1) is 8.90. The van der Waals surface area contributed by atoms with Crippen LogP contribution in [0.5, 0.6) is 0 Å². The first kappa shape index (κ1) is 15.4. The molecule has 102 valence electrons. The molecule has 0 fully saturated rings. The maximum Gasteiger partial charge on any atom is 0.308 e. The van der Waals surface area contributed by atoms with Crippen LogP contribution in [-0.2, 0) is 9.59 Å². The average Bonchev–Trinajstić information content (AvgIpc) is 2.37. The van der Waals surface area contributed by atoms with Gasteiger partial charge in [-0.1, -0.05) is 28.1 Å². The van der Waals surface area contributed by atoms with Gasteiger partial charge >= 0.3 is 5.97 Å². The summed E-state index contributed by atoms with van der Waals surface area (Å²) in [7, 11) is 0. The second-order valence-electron chi connectivity index (χ2n) is 4.31. The predicted octanol–water partition coefficient (Wildman–Crippen LogP) is 2.69. The van der Waals surface area contributed by atoms with Crippen molar-refractivity contribution in [2.45, 2.75) is 19.9 Å². The second-order valence-corrected chi connectivity index (χ2v) is 5.22. The monoisotopic (exact) mass is 325 g/mol. The van der Waals surface area contributed by atoms with Crippen LogP contribution in [0.3, 0.4) is 0 Å². The number of nitrogens with one attached hydrogen (secondary N) is 1. The van der Waals surface area contributed by atoms with Crippen molar-refractivity contribution in [2.75, 3.05) is 0 Å². The molecule has 0 aliphatic rings. The fraction of sp³-hybridized carbons (Fsp3) is 0.286. The van der Waals surface area contributed by atoms with E-state index >= 15 is 0 Å². The van der Waals surface area contributed by atoms with Gasteiger partial charge in [-0.3, -0.25) is 9.59 Å². The van der Waals surface area contributed by atoms with Gasteiger partial charge in [-0.25, -0.2) is 0 Å². The summed E-state index contributed by atoms with van der Waals surface area (Å²) in [6, 6.07) is 7.09. The van der Waals surface area contributed by atoms with Gasteiger partial charge in [0, 0.05) is 16.6 Å². The summed E-state index contributed by atoms with van der Waals surface area (Å²) in [6.07, 6.45) is 3.08. The molecule has 4 nitrogen and oxygen atoms in total. The van der Waals surface area contributed by atoms with E-state index in [-0.39, 0.29) is 5.91 Å². The van der Waals surface area contributed by atoms with Crippen LogP contribution in [0.25, 0.3) is 6.08 Å². The maximum absolute atomic E-state index is 11.6. The van der Waals surface area contributed by atoms with Gasteiger partial charge in [0.25, 0.3) is 0 Å². The summed E-state index contributed by atoms with van der Waals surface area (Å²) in [5.41, 5.74) is 0.900. The lowest BCUT2D eigenvalue weighted by atomic mass is 10.0. The van der Waals surface area contributed by atoms with Crippen molar-refractivity contribution < 1.29 is 14.7 Å². The van der Waals surface area contributed by atoms with Crippen molar-refractivity contribution in [3.8, 4) is 0 Å². The van der Waals surface area contributed by atoms with Crippen molar-refractivity contribution >= 4 is 33.9 Å². The highest BCUT2D eigenvalue weighted by Crippen LogP contribution is 2.11. The minimum absolute atomic E-state index is 0.302. The molecule has 0 bridgehead atoms. The number of carboxylic acid groups (broad SMARTS) is 1. The van der Waals surface area contributed by atoms with Gasteiger partial charge in [0.2, 0.25) is 5.91 Å². The van der Waals surface area contributed by atoms with Crippen molar-refractivity contribution in [3.05, 3.63) is 40.4 Å². The third kappa shape index (κ3) is 5.26. The molecule has 1 amide bonds. The zero-order valence-corrected chi connectivity index (χ0v) is 12.3. The Hall–Kier alpha value is -1.62. The van der Waals surface area contributed by atoms with Crippen LogP contribution in [0.1, 0.15) is 19.4 Å². The van der Waals surface area contributed by atoms with Crippen LogP contribution in [0.2, 0.25) is 0 Å². The molecular formula is C14H16BrNO3. The van der Waals surface area contributed by atoms with Crippen molar-refractivity contribution in [1.29, 1.82) is 0 Å². The standard InChI is InChI=1S/C14H16BrNO3/c1-9(14(18)19)10(2)16-13(17)8-5-11-3-6-12(15)7-4-11/h3-10H,1-2H3,(H,16,17)(H,18,19)/b8-5+. The van der Waals surface area contributed by atoms with Crippen molar-refractivity contribution in [3.63, 3.8) is 0 Å². The Morgan fingerprint density at radius 1 is 1.26 bits per heavy atom. The van der Waals surface area contributed by atoms with Gasteiger partial charge in [-0.05, 0) is 37.6 Å². The van der Waals surface area contributed by atoms with Crippen LogP contribution in [0.15, 0.2) is 34.8 Å². The molecule has 0 aromatic heterocycles. The number of hydrogen-bond acceptors (Lipinski definition) is 2. The number of benzene rings is 1. The number of rotatable bonds is 5. The van der Waals surface area contributed by atoms with Gasteiger partial charge < -0.3 is 10.4 Å². The van der Waals surface area contributed by atoms with E-state index in [1.165, 1.54) is 6.08 Å². The summed E-state index contributed by atoms with van der Waals surface area (Å²) < 4.78 is 0.970. The normalized spacial score (nSPS) is 14.1. The SMILES string of the molecule is CC(NC(=O)/C=C/c1ccc(Br)cc1)C(C)C(=O)O. The molecule has 0 aliphatic heterocycles. The number of carbonyl (C=O) groups excluding carboxylic acids is 1. The van der Waals surface area contributed by atoms with Gasteiger partial charge in [0.1, 0.15) is 0 Å². The average molecular weight is 326 g/mol. The Bertz CT molecular complexity index is 482. The smallest absolute Gasteiger partial charge is 0.308 e. The zero-order valence-electron chi connectivity index (χ0n) is 10.8. The molecule has 1 aromatic rings. The van der Waals surface area contributed by atoms with Gasteiger partial charge in [0.15, 0.2) is 0 Å². The second kappa shape index (κ2) is 7.09. The zero-order chi connectivity index (χ0) is 14.4. The molecule has 2 unspecified atom stereocenters. The van der Waals surface area contributed by atoms with E-state index in [4.69, 9.17) is 5.11 Å². The molecule has 0 spiro atoms. The fourth-order valence-corrected chi connectivity index (χ4v) is 1.62. The first-order valence-corrected chi connectivity index (χ1v) is 6.66. The topological polar surface area (TPSA) is 66.4 Å². The molecule has 1 rings (SSSR count). The minimum Gasteiger partial charge on any atom is -0.481 e. The molecule has 1 aromatic carbocycles. The van der Waals surface area contributed by atoms with E-state index in [2.05, 4.69) is 21.2 Å². The summed E-state index contributed by atoms with van der Waals surface area (Å²) in [5.74, 6) is -1.85. The lowest BCUT2D eigenvalue weighted by Crippen LogP contribution is -2.39. The van der Waals surface area contributed by atoms with Crippen LogP contribution in [0.4, 0.5) is 0 Å². The van der Waals surface area contributed by atoms with Gasteiger partial charge in [-0.15, -0.1) is 0 Å². The van der Waals surface area contributed by atoms with E-state index < -0.39 is 17.9 Å². The summed E-state index contributed by atoms with van der Waals surface area (Å²) in [5, 5.41) is 11.5. The number of carboxylic acids is 1. The molecule has 0 aliphatic carbocycles. The number of aliphatic carboxylic acids is 1. The molecule has 2 N–H and O–H groups in total. The molecule has 5 heteroatoms. The highest BCUT2D eigenvalue weighted by atomic mass is 79.9. The minimum atomic E-state index is -0.926. The molecule has 0 saturated carbocycles. The maximum atomic E-state index is 11.6. The van der Waals surface area contributed by atoms with Crippen molar-refractivity contribution in [1.82, 2.24) is 5.32 Å². The Labute approximate surface area is 120 Å². The lowest BCUT2D eigenvalue weighted by molar-refractivity contribution is -0.142. The predicted molar refractivity (Wildman–Crippen MR) is 77.6 cm³/mol. The van der Waals surface area contributed by atoms with Crippen LogP contribution >= 0.6 is 15.9 Å². The number of carbonyl (C=O) groups is 2. The van der Waals surface area contributed by atoms with E-state index in [9.17, 15) is 9.59 Å². The Kier molecular flexibility index (Phi) is 5.76. The van der Waals surface area contributed by atoms with E-state index in [0.717, 1.165) is 10.0 Å². The van der Waals surface area contributed by atoms with Crippen LogP contribution in [0, 0.1) is 5.92 Å². The number of halogens is 1. The lowest BCUT2D eigenvalue weighted by Gasteiger charge is -2.16.